The maximum absolute atomic E-state index is 8.51. The third kappa shape index (κ3) is 4.73. The van der Waals surface area contributed by atoms with Crippen LogP contribution in [0.4, 0.5) is 0 Å². The van der Waals surface area contributed by atoms with Crippen molar-refractivity contribution in [3.63, 3.8) is 0 Å². The van der Waals surface area contributed by atoms with E-state index in [-0.39, 0.29) is 11.3 Å². The highest BCUT2D eigenvalue weighted by Crippen LogP contribution is 2.05. The Morgan fingerprint density at radius 1 is 1.30 bits per heavy atom. The molecule has 1 unspecified atom stereocenters. The van der Waals surface area contributed by atoms with Gasteiger partial charge in [-0.1, -0.05) is 31.4 Å². The number of unbranched alkanes of at least 4 members (excludes halogenated alkanes) is 2. The summed E-state index contributed by atoms with van der Waals surface area (Å²) in [6.07, 6.45) is 4.25. The molecular formula is C7H17NO2. The van der Waals surface area contributed by atoms with Crippen LogP contribution in [0, 0.1) is 0 Å². The van der Waals surface area contributed by atoms with Gasteiger partial charge in [0.1, 0.15) is 0 Å². The van der Waals surface area contributed by atoms with E-state index in [0.29, 0.717) is 0 Å². The molecule has 0 aromatic heterocycles. The lowest BCUT2D eigenvalue weighted by molar-refractivity contribution is -0.329. The van der Waals surface area contributed by atoms with Crippen LogP contribution in [0.25, 0.3) is 0 Å². The van der Waals surface area contributed by atoms with Crippen molar-refractivity contribution in [2.75, 3.05) is 0 Å². The predicted molar refractivity (Wildman–Crippen MR) is 39.0 cm³/mol. The van der Waals surface area contributed by atoms with Crippen molar-refractivity contribution in [3.8, 4) is 0 Å². The molecule has 0 heterocycles. The molecular weight excluding hydrogens is 130 g/mol. The molecule has 0 aliphatic heterocycles. The Kier molecular flexibility index (Phi) is 5.58. The Hall–Kier alpha value is -0.120. The van der Waals surface area contributed by atoms with Crippen molar-refractivity contribution in [2.45, 2.75) is 45.6 Å². The molecule has 0 aliphatic carbocycles. The van der Waals surface area contributed by atoms with E-state index in [0.717, 1.165) is 19.3 Å². The average Bonchev–Trinajstić information content (AvgIpc) is 1.88. The third-order valence-corrected chi connectivity index (χ3v) is 1.62. The Morgan fingerprint density at radius 2 is 1.90 bits per heavy atom. The van der Waals surface area contributed by atoms with Crippen LogP contribution in [-0.4, -0.2) is 21.7 Å². The van der Waals surface area contributed by atoms with E-state index in [1.54, 1.807) is 6.92 Å². The van der Waals surface area contributed by atoms with Gasteiger partial charge in [-0.25, -0.2) is 0 Å². The molecule has 0 bridgehead atoms. The third-order valence-electron chi connectivity index (χ3n) is 1.62. The maximum Gasteiger partial charge on any atom is 0.0595 e. The van der Waals surface area contributed by atoms with Crippen LogP contribution in [0.3, 0.4) is 0 Å². The zero-order valence-electron chi connectivity index (χ0n) is 6.75. The molecule has 0 radical (unpaired) electrons. The quantitative estimate of drug-likeness (QED) is 0.462. The van der Waals surface area contributed by atoms with Crippen LogP contribution in [-0.2, 0) is 0 Å². The lowest BCUT2D eigenvalue weighted by Crippen LogP contribution is -2.25. The summed E-state index contributed by atoms with van der Waals surface area (Å²) in [4.78, 5) is 0. The first-order valence-electron chi connectivity index (χ1n) is 3.85. The molecule has 0 amide bonds. The fourth-order valence-corrected chi connectivity index (χ4v) is 0.805. The predicted octanol–water partition coefficient (Wildman–Crippen LogP) is 2.04. The van der Waals surface area contributed by atoms with Gasteiger partial charge in [0.05, 0.1) is 6.04 Å². The van der Waals surface area contributed by atoms with E-state index < -0.39 is 0 Å². The first-order chi connectivity index (χ1) is 4.68. The van der Waals surface area contributed by atoms with Gasteiger partial charge in [0, 0.05) is 0 Å². The van der Waals surface area contributed by atoms with Crippen LogP contribution in [0.15, 0.2) is 0 Å². The van der Waals surface area contributed by atoms with Gasteiger partial charge in [-0.05, 0) is 13.3 Å². The molecule has 0 rings (SSSR count). The van der Waals surface area contributed by atoms with Crippen molar-refractivity contribution in [1.29, 1.82) is 0 Å². The van der Waals surface area contributed by atoms with Crippen molar-refractivity contribution in [1.82, 2.24) is 5.23 Å². The highest BCUT2D eigenvalue weighted by Gasteiger charge is 2.05. The SMILES string of the molecule is CCCCCC(C)N(O)O. The molecule has 1 atom stereocenters. The molecule has 0 spiro atoms. The van der Waals surface area contributed by atoms with Crippen LogP contribution >= 0.6 is 0 Å². The summed E-state index contributed by atoms with van der Waals surface area (Å²) in [5, 5.41) is 17.3. The smallest absolute Gasteiger partial charge is 0.0595 e. The Bertz CT molecular complexity index is 76.0. The summed E-state index contributed by atoms with van der Waals surface area (Å²) in [6.45, 7) is 3.91. The lowest BCUT2D eigenvalue weighted by atomic mass is 10.1. The van der Waals surface area contributed by atoms with E-state index in [1.165, 1.54) is 6.42 Å². The number of hydrogen-bond donors (Lipinski definition) is 2. The molecule has 10 heavy (non-hydrogen) atoms. The zero-order valence-corrected chi connectivity index (χ0v) is 6.75. The fourth-order valence-electron chi connectivity index (χ4n) is 0.805. The number of rotatable bonds is 5. The van der Waals surface area contributed by atoms with Gasteiger partial charge >= 0.3 is 0 Å². The average molecular weight is 147 g/mol. The van der Waals surface area contributed by atoms with Crippen LogP contribution < -0.4 is 0 Å². The summed E-state index contributed by atoms with van der Waals surface area (Å²) in [5.41, 5.74) is 0. The fraction of sp³-hybridized carbons (Fsp3) is 1.00. The Balaban J connectivity index is 3.13. The van der Waals surface area contributed by atoms with E-state index in [9.17, 15) is 0 Å². The van der Waals surface area contributed by atoms with E-state index in [4.69, 9.17) is 10.4 Å². The molecule has 0 aromatic carbocycles. The van der Waals surface area contributed by atoms with Crippen LogP contribution in [0.1, 0.15) is 39.5 Å². The molecule has 2 N–H and O–H groups in total. The number of nitrogens with zero attached hydrogens (tertiary/aromatic N) is 1. The van der Waals surface area contributed by atoms with Crippen molar-refractivity contribution in [3.05, 3.63) is 0 Å². The minimum Gasteiger partial charge on any atom is -0.289 e. The minimum absolute atomic E-state index is 0.133. The van der Waals surface area contributed by atoms with E-state index in [1.807, 2.05) is 0 Å². The van der Waals surface area contributed by atoms with Crippen LogP contribution in [0.5, 0.6) is 0 Å². The first kappa shape index (κ1) is 9.88. The van der Waals surface area contributed by atoms with Crippen LogP contribution in [0.2, 0.25) is 0 Å². The highest BCUT2D eigenvalue weighted by molar-refractivity contribution is 4.52. The molecule has 0 saturated carbocycles. The van der Waals surface area contributed by atoms with E-state index >= 15 is 0 Å². The van der Waals surface area contributed by atoms with Crippen molar-refractivity contribution in [2.24, 2.45) is 0 Å². The standard InChI is InChI=1S/C7H17NO2/c1-3-4-5-6-7(2)8(9)10/h7,9-10H,3-6H2,1-2H3. The summed E-state index contributed by atoms with van der Waals surface area (Å²) >= 11 is 0. The Morgan fingerprint density at radius 3 is 2.30 bits per heavy atom. The van der Waals surface area contributed by atoms with Gasteiger partial charge in [0.25, 0.3) is 0 Å². The summed E-state index contributed by atoms with van der Waals surface area (Å²) < 4.78 is 0. The van der Waals surface area contributed by atoms with Gasteiger partial charge in [0.2, 0.25) is 0 Å². The normalized spacial score (nSPS) is 14.1. The highest BCUT2D eigenvalue weighted by atomic mass is 16.8. The molecule has 0 fully saturated rings. The van der Waals surface area contributed by atoms with Gasteiger partial charge in [-0.15, -0.1) is 0 Å². The van der Waals surface area contributed by atoms with Crippen molar-refractivity contribution < 1.29 is 10.4 Å². The van der Waals surface area contributed by atoms with Crippen molar-refractivity contribution >= 4 is 0 Å². The monoisotopic (exact) mass is 147 g/mol. The van der Waals surface area contributed by atoms with E-state index in [2.05, 4.69) is 6.92 Å². The second-order valence-electron chi connectivity index (χ2n) is 2.67. The second-order valence-corrected chi connectivity index (χ2v) is 2.67. The summed E-state index contributed by atoms with van der Waals surface area (Å²) in [6, 6.07) is -0.133. The summed E-state index contributed by atoms with van der Waals surface area (Å²) in [5.74, 6) is 0. The van der Waals surface area contributed by atoms with Gasteiger partial charge in [0.15, 0.2) is 0 Å². The molecule has 3 heteroatoms. The van der Waals surface area contributed by atoms with Gasteiger partial charge in [-0.2, -0.15) is 0 Å². The first-order valence-corrected chi connectivity index (χ1v) is 3.85. The molecule has 0 aliphatic rings. The minimum atomic E-state index is -0.133. The lowest BCUT2D eigenvalue weighted by Gasteiger charge is -2.14. The summed E-state index contributed by atoms with van der Waals surface area (Å²) in [7, 11) is 0. The zero-order chi connectivity index (χ0) is 7.98. The molecule has 0 aromatic rings. The van der Waals surface area contributed by atoms with Gasteiger partial charge < -0.3 is 0 Å². The molecule has 0 saturated heterocycles. The topological polar surface area (TPSA) is 43.7 Å². The van der Waals surface area contributed by atoms with Gasteiger partial charge in [-0.3, -0.25) is 10.4 Å². The molecule has 3 nitrogen and oxygen atoms in total. The second kappa shape index (κ2) is 5.65. The number of hydroxylamine groups is 2. The maximum atomic E-state index is 8.51. The number of hydrogen-bond acceptors (Lipinski definition) is 3. The molecule has 62 valence electrons. The Labute approximate surface area is 62.2 Å². The largest absolute Gasteiger partial charge is 0.289 e.